The third-order valence-electron chi connectivity index (χ3n) is 4.45. The molecular weight excluding hydrogens is 365 g/mol. The summed E-state index contributed by atoms with van der Waals surface area (Å²) in [6.45, 7) is 6.60. The maximum absolute atomic E-state index is 13.2. The predicted molar refractivity (Wildman–Crippen MR) is 116 cm³/mol. The van der Waals surface area contributed by atoms with Gasteiger partial charge in [0.25, 0.3) is 0 Å². The van der Waals surface area contributed by atoms with Crippen LogP contribution in [-0.2, 0) is 18.3 Å². The Bertz CT molecular complexity index is 1010. The molecule has 0 fully saturated rings. The summed E-state index contributed by atoms with van der Waals surface area (Å²) in [4.78, 5) is 12.3. The fourth-order valence-corrected chi connectivity index (χ4v) is 3.21. The number of aryl methyl sites for hydroxylation is 1. The molecule has 150 valence electrons. The van der Waals surface area contributed by atoms with Gasteiger partial charge in [-0.2, -0.15) is 5.10 Å². The highest BCUT2D eigenvalue weighted by Gasteiger charge is 2.12. The molecule has 29 heavy (non-hydrogen) atoms. The largest absolute Gasteiger partial charge is 0.323 e. The molecule has 1 N–H and O–H groups in total. The Hall–Kier alpha value is -3.21. The van der Waals surface area contributed by atoms with Gasteiger partial charge < -0.3 is 5.32 Å². The summed E-state index contributed by atoms with van der Waals surface area (Å²) in [6, 6.07) is 14.1. The van der Waals surface area contributed by atoms with E-state index in [4.69, 9.17) is 0 Å². The first-order chi connectivity index (χ1) is 13.7. The summed E-state index contributed by atoms with van der Waals surface area (Å²) in [5, 5.41) is 7.13. The van der Waals surface area contributed by atoms with Gasteiger partial charge in [-0.3, -0.25) is 9.48 Å². The Morgan fingerprint density at radius 3 is 2.38 bits per heavy atom. The molecule has 0 bridgehead atoms. The monoisotopic (exact) mass is 391 g/mol. The van der Waals surface area contributed by atoms with E-state index in [0.717, 1.165) is 28.9 Å². The van der Waals surface area contributed by atoms with Crippen molar-refractivity contribution >= 4 is 17.7 Å². The predicted octanol–water partition coefficient (Wildman–Crippen LogP) is 5.47. The smallest absolute Gasteiger partial charge is 0.248 e. The van der Waals surface area contributed by atoms with E-state index in [2.05, 4.69) is 31.2 Å². The van der Waals surface area contributed by atoms with Gasteiger partial charge in [-0.1, -0.05) is 32.9 Å². The Morgan fingerprint density at radius 2 is 1.76 bits per heavy atom. The Kier molecular flexibility index (Phi) is 5.97. The standard InChI is InChI=1S/C24H26FN3O/c1-24(2,3)15-17-5-12-21(13-6-17)27-22(29)14-9-19-16-26-28(4)23(19)18-7-10-20(25)11-8-18/h5-14,16H,15H2,1-4H3,(H,27,29). The molecule has 1 amide bonds. The van der Waals surface area contributed by atoms with Crippen molar-refractivity contribution in [2.24, 2.45) is 12.5 Å². The van der Waals surface area contributed by atoms with Crippen LogP contribution in [0.5, 0.6) is 0 Å². The van der Waals surface area contributed by atoms with E-state index in [-0.39, 0.29) is 17.1 Å². The molecule has 5 heteroatoms. The third kappa shape index (κ3) is 5.64. The first-order valence-corrected chi connectivity index (χ1v) is 9.57. The first kappa shape index (κ1) is 20.5. The average Bonchev–Trinajstić information content (AvgIpc) is 3.02. The maximum Gasteiger partial charge on any atom is 0.248 e. The number of anilines is 1. The summed E-state index contributed by atoms with van der Waals surface area (Å²) in [5.74, 6) is -0.511. The van der Waals surface area contributed by atoms with Crippen LogP contribution in [0, 0.1) is 11.2 Å². The summed E-state index contributed by atoms with van der Waals surface area (Å²) in [6.07, 6.45) is 5.86. The van der Waals surface area contributed by atoms with Gasteiger partial charge >= 0.3 is 0 Å². The highest BCUT2D eigenvalue weighted by Crippen LogP contribution is 2.25. The minimum atomic E-state index is -0.291. The van der Waals surface area contributed by atoms with Crippen LogP contribution in [-0.4, -0.2) is 15.7 Å². The van der Waals surface area contributed by atoms with Crippen LogP contribution < -0.4 is 5.32 Å². The Labute approximate surface area is 171 Å². The first-order valence-electron chi connectivity index (χ1n) is 9.57. The number of hydrogen-bond acceptors (Lipinski definition) is 2. The minimum Gasteiger partial charge on any atom is -0.323 e. The molecule has 0 aliphatic carbocycles. The van der Waals surface area contributed by atoms with E-state index in [0.29, 0.717) is 0 Å². The molecule has 0 saturated heterocycles. The van der Waals surface area contributed by atoms with E-state index in [9.17, 15) is 9.18 Å². The van der Waals surface area contributed by atoms with Crippen LogP contribution >= 0.6 is 0 Å². The summed E-state index contributed by atoms with van der Waals surface area (Å²) in [5.41, 5.74) is 4.66. The number of carbonyl (C=O) groups is 1. The van der Waals surface area contributed by atoms with Gasteiger partial charge in [0.1, 0.15) is 5.82 Å². The van der Waals surface area contributed by atoms with E-state index >= 15 is 0 Å². The van der Waals surface area contributed by atoms with Crippen LogP contribution in [0.3, 0.4) is 0 Å². The zero-order valence-corrected chi connectivity index (χ0v) is 17.2. The summed E-state index contributed by atoms with van der Waals surface area (Å²) < 4.78 is 14.9. The van der Waals surface area contributed by atoms with Gasteiger partial charge in [0.15, 0.2) is 0 Å². The molecule has 4 nitrogen and oxygen atoms in total. The highest BCUT2D eigenvalue weighted by molar-refractivity contribution is 6.02. The summed E-state index contributed by atoms with van der Waals surface area (Å²) >= 11 is 0. The fourth-order valence-electron chi connectivity index (χ4n) is 3.21. The van der Waals surface area contributed by atoms with Gasteiger partial charge in [0.05, 0.1) is 11.9 Å². The molecule has 0 aliphatic rings. The zero-order chi connectivity index (χ0) is 21.0. The van der Waals surface area contributed by atoms with E-state index in [1.54, 1.807) is 29.1 Å². The lowest BCUT2D eigenvalue weighted by Gasteiger charge is -2.18. The van der Waals surface area contributed by atoms with Crippen molar-refractivity contribution in [3.63, 3.8) is 0 Å². The molecular formula is C24H26FN3O. The highest BCUT2D eigenvalue weighted by atomic mass is 19.1. The molecule has 0 spiro atoms. The Morgan fingerprint density at radius 1 is 1.10 bits per heavy atom. The van der Waals surface area contributed by atoms with Crippen molar-refractivity contribution in [2.75, 3.05) is 5.32 Å². The number of amides is 1. The third-order valence-corrected chi connectivity index (χ3v) is 4.45. The van der Waals surface area contributed by atoms with E-state index in [1.165, 1.54) is 23.8 Å². The molecule has 0 unspecified atom stereocenters. The second-order valence-corrected chi connectivity index (χ2v) is 8.34. The van der Waals surface area contributed by atoms with Crippen LogP contribution in [0.25, 0.3) is 17.3 Å². The van der Waals surface area contributed by atoms with Gasteiger partial charge in [-0.15, -0.1) is 0 Å². The quantitative estimate of drug-likeness (QED) is 0.587. The topological polar surface area (TPSA) is 46.9 Å². The lowest BCUT2D eigenvalue weighted by Crippen LogP contribution is -2.10. The molecule has 2 aromatic carbocycles. The second kappa shape index (κ2) is 8.43. The molecule has 0 atom stereocenters. The van der Waals surface area contributed by atoms with Gasteiger partial charge in [-0.05, 0) is 59.9 Å². The minimum absolute atomic E-state index is 0.220. The van der Waals surface area contributed by atoms with Crippen LogP contribution in [0.2, 0.25) is 0 Å². The molecule has 3 aromatic rings. The van der Waals surface area contributed by atoms with E-state index < -0.39 is 0 Å². The normalized spacial score (nSPS) is 11.8. The number of nitrogens with zero attached hydrogens (tertiary/aromatic N) is 2. The lowest BCUT2D eigenvalue weighted by molar-refractivity contribution is -0.111. The van der Waals surface area contributed by atoms with Gasteiger partial charge in [0.2, 0.25) is 5.91 Å². The number of hydrogen-bond donors (Lipinski definition) is 1. The maximum atomic E-state index is 13.2. The Balaban J connectivity index is 1.69. The number of nitrogens with one attached hydrogen (secondary N) is 1. The molecule has 1 aromatic heterocycles. The molecule has 0 saturated carbocycles. The van der Waals surface area contributed by atoms with Gasteiger partial charge in [-0.25, -0.2) is 4.39 Å². The second-order valence-electron chi connectivity index (χ2n) is 8.34. The number of rotatable bonds is 5. The SMILES string of the molecule is Cn1ncc(C=CC(=O)Nc2ccc(CC(C)(C)C)cc2)c1-c1ccc(F)cc1. The van der Waals surface area contributed by atoms with Gasteiger partial charge in [0, 0.05) is 29.9 Å². The number of halogens is 1. The van der Waals surface area contributed by atoms with Crippen LogP contribution in [0.4, 0.5) is 10.1 Å². The average molecular weight is 391 g/mol. The molecule has 3 rings (SSSR count). The zero-order valence-electron chi connectivity index (χ0n) is 17.2. The van der Waals surface area contributed by atoms with Crippen molar-refractivity contribution in [2.45, 2.75) is 27.2 Å². The fraction of sp³-hybridized carbons (Fsp3) is 0.250. The van der Waals surface area contributed by atoms with Crippen molar-refractivity contribution in [3.8, 4) is 11.3 Å². The molecule has 0 radical (unpaired) electrons. The van der Waals surface area contributed by atoms with Crippen molar-refractivity contribution < 1.29 is 9.18 Å². The van der Waals surface area contributed by atoms with Crippen LogP contribution in [0.1, 0.15) is 31.9 Å². The van der Waals surface area contributed by atoms with Crippen molar-refractivity contribution in [3.05, 3.63) is 77.7 Å². The van der Waals surface area contributed by atoms with E-state index in [1.807, 2.05) is 31.3 Å². The van der Waals surface area contributed by atoms with Crippen molar-refractivity contribution in [1.29, 1.82) is 0 Å². The van der Waals surface area contributed by atoms with Crippen LogP contribution in [0.15, 0.2) is 60.8 Å². The lowest BCUT2D eigenvalue weighted by atomic mass is 9.88. The molecule has 0 aliphatic heterocycles. The number of benzene rings is 2. The van der Waals surface area contributed by atoms with Crippen molar-refractivity contribution in [1.82, 2.24) is 9.78 Å². The number of aromatic nitrogens is 2. The summed E-state index contributed by atoms with van der Waals surface area (Å²) in [7, 11) is 1.81. The molecule has 1 heterocycles. The number of carbonyl (C=O) groups excluding carboxylic acids is 1.